The first-order chi connectivity index (χ1) is 13.6. The summed E-state index contributed by atoms with van der Waals surface area (Å²) < 4.78 is 0. The van der Waals surface area contributed by atoms with Crippen molar-refractivity contribution < 1.29 is 0 Å². The molecule has 4 unspecified atom stereocenters. The molecular weight excluding hydrogens is 338 g/mol. The maximum atomic E-state index is 2.86. The lowest BCUT2D eigenvalue weighted by molar-refractivity contribution is -0.0521. The maximum Gasteiger partial charge on any atom is 0.0266 e. The van der Waals surface area contributed by atoms with E-state index < -0.39 is 0 Å². The van der Waals surface area contributed by atoms with Crippen LogP contribution in [-0.4, -0.2) is 24.0 Å². The number of fused-ring (bicyclic) bond motifs is 3. The van der Waals surface area contributed by atoms with Crippen molar-refractivity contribution in [3.8, 4) is 0 Å². The van der Waals surface area contributed by atoms with Gasteiger partial charge in [0.2, 0.25) is 0 Å². The highest BCUT2D eigenvalue weighted by Gasteiger charge is 2.63. The van der Waals surface area contributed by atoms with E-state index in [1.54, 1.807) is 11.1 Å². The van der Waals surface area contributed by atoms with E-state index in [0.717, 1.165) is 23.9 Å². The normalized spacial score (nSPS) is 37.5. The lowest BCUT2D eigenvalue weighted by Gasteiger charge is -2.58. The molecular formula is C27H41N. The van der Waals surface area contributed by atoms with Crippen LogP contribution in [0.25, 0.3) is 0 Å². The molecule has 0 spiro atoms. The lowest BCUT2D eigenvalue weighted by Crippen LogP contribution is -2.59. The van der Waals surface area contributed by atoms with Crippen molar-refractivity contribution in [2.45, 2.75) is 114 Å². The molecule has 3 fully saturated rings. The van der Waals surface area contributed by atoms with E-state index in [1.807, 2.05) is 0 Å². The second-order valence-electron chi connectivity index (χ2n) is 10.9. The fourth-order valence-electron chi connectivity index (χ4n) is 8.30. The van der Waals surface area contributed by atoms with Gasteiger partial charge in [0.05, 0.1) is 0 Å². The summed E-state index contributed by atoms with van der Waals surface area (Å²) in [5.74, 6) is 1.78. The lowest BCUT2D eigenvalue weighted by atomic mass is 9.50. The average Bonchev–Trinajstić information content (AvgIpc) is 3.30. The van der Waals surface area contributed by atoms with Crippen LogP contribution in [0, 0.1) is 11.3 Å². The zero-order chi connectivity index (χ0) is 19.4. The summed E-state index contributed by atoms with van der Waals surface area (Å²) in [6.45, 7) is 4.87. The van der Waals surface area contributed by atoms with E-state index in [1.165, 1.54) is 77.0 Å². The van der Waals surface area contributed by atoms with Gasteiger partial charge in [0, 0.05) is 23.4 Å². The Labute approximate surface area is 173 Å². The molecule has 0 aromatic heterocycles. The van der Waals surface area contributed by atoms with Gasteiger partial charge in [0.1, 0.15) is 0 Å². The number of unbranched alkanes of at least 4 members (excludes halogenated alkanes) is 1. The molecule has 0 N–H and O–H groups in total. The van der Waals surface area contributed by atoms with Crippen LogP contribution in [0.15, 0.2) is 24.3 Å². The average molecular weight is 380 g/mol. The van der Waals surface area contributed by atoms with Gasteiger partial charge in [-0.3, -0.25) is 4.90 Å². The smallest absolute Gasteiger partial charge is 0.0266 e. The first-order valence-corrected chi connectivity index (χ1v) is 12.5. The van der Waals surface area contributed by atoms with Crippen molar-refractivity contribution in [1.82, 2.24) is 4.90 Å². The number of piperidine rings is 1. The number of nitrogens with zero attached hydrogens (tertiary/aromatic N) is 1. The van der Waals surface area contributed by atoms with Gasteiger partial charge in [0.15, 0.2) is 0 Å². The summed E-state index contributed by atoms with van der Waals surface area (Å²) in [6.07, 6.45) is 17.4. The molecule has 1 aromatic rings. The predicted octanol–water partition coefficient (Wildman–Crippen LogP) is 7.06. The Bertz CT molecular complexity index is 694. The summed E-state index contributed by atoms with van der Waals surface area (Å²) in [7, 11) is 2.48. The van der Waals surface area contributed by atoms with Gasteiger partial charge in [-0.15, -0.1) is 0 Å². The molecule has 28 heavy (non-hydrogen) atoms. The van der Waals surface area contributed by atoms with Crippen molar-refractivity contribution in [3.05, 3.63) is 35.4 Å². The van der Waals surface area contributed by atoms with Gasteiger partial charge in [-0.1, -0.05) is 63.3 Å². The summed E-state index contributed by atoms with van der Waals surface area (Å²) in [5.41, 5.74) is 4.56. The third kappa shape index (κ3) is 2.54. The fraction of sp³-hybridized carbons (Fsp3) is 0.778. The fourth-order valence-corrected chi connectivity index (χ4v) is 8.30. The molecule has 154 valence electrons. The number of likely N-dealkylation sites (N-methyl/N-ethyl adjacent to an activating group) is 1. The van der Waals surface area contributed by atoms with Crippen LogP contribution < -0.4 is 0 Å². The second-order valence-corrected chi connectivity index (χ2v) is 10.9. The van der Waals surface area contributed by atoms with E-state index in [0.29, 0.717) is 10.8 Å². The van der Waals surface area contributed by atoms with Gasteiger partial charge >= 0.3 is 0 Å². The topological polar surface area (TPSA) is 3.24 Å². The molecule has 2 saturated carbocycles. The summed E-state index contributed by atoms with van der Waals surface area (Å²) >= 11 is 0. The molecule has 4 aliphatic rings. The Morgan fingerprint density at radius 3 is 2.43 bits per heavy atom. The van der Waals surface area contributed by atoms with Crippen LogP contribution in [0.3, 0.4) is 0 Å². The minimum atomic E-state index is 0.416. The number of rotatable bonds is 5. The largest absolute Gasteiger partial charge is 0.299 e. The first-order valence-electron chi connectivity index (χ1n) is 12.5. The standard InChI is InChI=1S/C27H41N/c1-4-5-16-27-19-15-20(2)28(3)25(27)24(22-13-8-9-14-23(22)27)26(17-10-18-26)21-11-6-7-12-21/h8-9,13-14,20-21,24-25H,4-7,10-12,15-19H2,1-3H3. The van der Waals surface area contributed by atoms with Crippen molar-refractivity contribution in [1.29, 1.82) is 0 Å². The van der Waals surface area contributed by atoms with E-state index >= 15 is 0 Å². The summed E-state index contributed by atoms with van der Waals surface area (Å²) in [5, 5.41) is 0. The van der Waals surface area contributed by atoms with Gasteiger partial charge < -0.3 is 0 Å². The Morgan fingerprint density at radius 1 is 1.00 bits per heavy atom. The maximum absolute atomic E-state index is 2.86. The minimum absolute atomic E-state index is 0.416. The molecule has 0 amide bonds. The van der Waals surface area contributed by atoms with Crippen LogP contribution in [0.2, 0.25) is 0 Å². The number of hydrogen-bond acceptors (Lipinski definition) is 1. The van der Waals surface area contributed by atoms with Gasteiger partial charge in [-0.25, -0.2) is 0 Å². The molecule has 1 heteroatoms. The van der Waals surface area contributed by atoms with E-state index in [-0.39, 0.29) is 0 Å². The second kappa shape index (κ2) is 7.15. The van der Waals surface area contributed by atoms with Crippen LogP contribution in [0.4, 0.5) is 0 Å². The first kappa shape index (κ1) is 19.2. The van der Waals surface area contributed by atoms with Gasteiger partial charge in [-0.2, -0.15) is 0 Å². The van der Waals surface area contributed by atoms with E-state index in [4.69, 9.17) is 0 Å². The molecule has 4 atom stereocenters. The highest BCUT2D eigenvalue weighted by molar-refractivity contribution is 5.49. The third-order valence-electron chi connectivity index (χ3n) is 9.90. The highest BCUT2D eigenvalue weighted by Crippen LogP contribution is 2.68. The zero-order valence-electron chi connectivity index (χ0n) is 18.6. The van der Waals surface area contributed by atoms with Crippen LogP contribution >= 0.6 is 0 Å². The van der Waals surface area contributed by atoms with Crippen molar-refractivity contribution in [3.63, 3.8) is 0 Å². The van der Waals surface area contributed by atoms with E-state index in [2.05, 4.69) is 50.1 Å². The van der Waals surface area contributed by atoms with Crippen LogP contribution in [0.1, 0.15) is 108 Å². The third-order valence-corrected chi connectivity index (χ3v) is 9.90. The van der Waals surface area contributed by atoms with Crippen LogP contribution in [0.5, 0.6) is 0 Å². The Morgan fingerprint density at radius 2 is 1.75 bits per heavy atom. The molecule has 1 heterocycles. The molecule has 1 aliphatic heterocycles. The van der Waals surface area contributed by atoms with Crippen LogP contribution in [-0.2, 0) is 5.41 Å². The van der Waals surface area contributed by atoms with E-state index in [9.17, 15) is 0 Å². The summed E-state index contributed by atoms with van der Waals surface area (Å²) in [6, 6.07) is 11.3. The monoisotopic (exact) mass is 379 g/mol. The Kier molecular flexibility index (Phi) is 4.89. The van der Waals surface area contributed by atoms with Crippen molar-refractivity contribution >= 4 is 0 Å². The molecule has 5 rings (SSSR count). The summed E-state index contributed by atoms with van der Waals surface area (Å²) in [4.78, 5) is 2.86. The van der Waals surface area contributed by atoms with Crippen molar-refractivity contribution in [2.75, 3.05) is 7.05 Å². The number of likely N-dealkylation sites (tertiary alicyclic amines) is 1. The number of hydrogen-bond donors (Lipinski definition) is 0. The van der Waals surface area contributed by atoms with Gasteiger partial charge in [0.25, 0.3) is 0 Å². The quantitative estimate of drug-likeness (QED) is 0.529. The zero-order valence-corrected chi connectivity index (χ0v) is 18.6. The molecule has 3 aliphatic carbocycles. The predicted molar refractivity (Wildman–Crippen MR) is 119 cm³/mol. The molecule has 1 aromatic carbocycles. The van der Waals surface area contributed by atoms with Gasteiger partial charge in [-0.05, 0) is 81.4 Å². The molecule has 1 saturated heterocycles. The SMILES string of the molecule is CCCCC12CCC(C)N(C)C1C(C1(C3CCCC3)CCC1)c1ccccc12. The molecule has 1 nitrogen and oxygen atoms in total. The highest BCUT2D eigenvalue weighted by atomic mass is 15.2. The molecule has 0 bridgehead atoms. The van der Waals surface area contributed by atoms with Crippen molar-refractivity contribution in [2.24, 2.45) is 11.3 Å². The Balaban J connectivity index is 1.66. The Hall–Kier alpha value is -0.820. The minimum Gasteiger partial charge on any atom is -0.299 e. The number of benzene rings is 1. The molecule has 0 radical (unpaired) electrons.